The molecule has 1 aromatic carbocycles. The molecule has 1 amide bonds. The number of carbonyl (C=O) groups is 2. The fraction of sp³-hybridized carbons (Fsp3) is 0.429. The van der Waals surface area contributed by atoms with Gasteiger partial charge in [0.15, 0.2) is 5.78 Å². The van der Waals surface area contributed by atoms with Crippen LogP contribution in [0.25, 0.3) is 0 Å². The summed E-state index contributed by atoms with van der Waals surface area (Å²) in [6, 6.07) is 7.52. The Hall–Kier alpha value is -2.31. The number of Topliss-reactive ketones (excluding diaryl/α,β-unsaturated/α-hetero) is 1. The van der Waals surface area contributed by atoms with Crippen LogP contribution in [0, 0.1) is 13.8 Å². The molecule has 6 nitrogen and oxygen atoms in total. The molecule has 0 bridgehead atoms. The van der Waals surface area contributed by atoms with Gasteiger partial charge in [-0.05, 0) is 58.0 Å². The number of nitrogens with one attached hydrogen (secondary N) is 1. The molecule has 0 spiro atoms. The molecule has 1 aliphatic carbocycles. The average molecular weight is 404 g/mol. The minimum atomic E-state index is -0.237. The van der Waals surface area contributed by atoms with Crippen LogP contribution in [0.5, 0.6) is 5.75 Å². The van der Waals surface area contributed by atoms with Crippen molar-refractivity contribution in [1.29, 1.82) is 0 Å². The highest BCUT2D eigenvalue weighted by atomic mass is 35.5. The summed E-state index contributed by atoms with van der Waals surface area (Å²) in [6.07, 6.45) is 2.36. The molecular weight excluding hydrogens is 378 g/mol. The number of hydrogen-bond acceptors (Lipinski definition) is 4. The molecule has 0 unspecified atom stereocenters. The van der Waals surface area contributed by atoms with Gasteiger partial charge in [0, 0.05) is 28.0 Å². The molecule has 0 saturated heterocycles. The lowest BCUT2D eigenvalue weighted by molar-refractivity contribution is -0.116. The van der Waals surface area contributed by atoms with E-state index in [1.165, 1.54) is 20.0 Å². The summed E-state index contributed by atoms with van der Waals surface area (Å²) in [7, 11) is 3.29. The number of carbonyl (C=O) groups excluding carboxylic acids is 2. The SMILES string of the molecule is COc1ccc(Cl)cc1NC(=O)CN(C)CC(=O)c1cc(C)n(C2CC2)c1C. The predicted octanol–water partition coefficient (Wildman–Crippen LogP) is 3.86. The summed E-state index contributed by atoms with van der Waals surface area (Å²) in [5.74, 6) is 0.318. The zero-order valence-corrected chi connectivity index (χ0v) is 17.5. The van der Waals surface area contributed by atoms with Crippen molar-refractivity contribution in [3.05, 3.63) is 46.2 Å². The first-order chi connectivity index (χ1) is 13.3. The van der Waals surface area contributed by atoms with Gasteiger partial charge < -0.3 is 14.6 Å². The lowest BCUT2D eigenvalue weighted by Crippen LogP contribution is -2.34. The minimum Gasteiger partial charge on any atom is -0.495 e. The highest BCUT2D eigenvalue weighted by Gasteiger charge is 2.28. The fourth-order valence-corrected chi connectivity index (χ4v) is 3.73. The molecule has 1 N–H and O–H groups in total. The van der Waals surface area contributed by atoms with Gasteiger partial charge in [-0.25, -0.2) is 0 Å². The summed E-state index contributed by atoms with van der Waals surface area (Å²) in [4.78, 5) is 26.8. The van der Waals surface area contributed by atoms with E-state index in [1.54, 1.807) is 30.1 Å². The molecule has 1 saturated carbocycles. The van der Waals surface area contributed by atoms with Gasteiger partial charge in [-0.3, -0.25) is 14.5 Å². The number of ketones is 1. The normalized spacial score (nSPS) is 13.6. The molecular formula is C21H26ClN3O3. The van der Waals surface area contributed by atoms with Gasteiger partial charge in [-0.1, -0.05) is 11.6 Å². The molecule has 0 radical (unpaired) electrons. The predicted molar refractivity (Wildman–Crippen MR) is 111 cm³/mol. The Labute approximate surface area is 170 Å². The number of amides is 1. The van der Waals surface area contributed by atoms with Gasteiger partial charge in [0.1, 0.15) is 5.75 Å². The number of halogens is 1. The van der Waals surface area contributed by atoms with Crippen LogP contribution in [0.3, 0.4) is 0 Å². The largest absolute Gasteiger partial charge is 0.495 e. The molecule has 1 aromatic heterocycles. The van der Waals surface area contributed by atoms with E-state index in [0.29, 0.717) is 22.5 Å². The Bertz CT molecular complexity index is 903. The van der Waals surface area contributed by atoms with Crippen molar-refractivity contribution in [1.82, 2.24) is 9.47 Å². The molecule has 7 heteroatoms. The highest BCUT2D eigenvalue weighted by molar-refractivity contribution is 6.31. The number of nitrogens with zero attached hydrogens (tertiary/aromatic N) is 2. The van der Waals surface area contributed by atoms with E-state index in [-0.39, 0.29) is 24.8 Å². The molecule has 1 aliphatic rings. The Balaban J connectivity index is 1.60. The number of hydrogen-bond donors (Lipinski definition) is 1. The topological polar surface area (TPSA) is 63.6 Å². The lowest BCUT2D eigenvalue weighted by Gasteiger charge is -2.16. The Morgan fingerprint density at radius 3 is 2.61 bits per heavy atom. The van der Waals surface area contributed by atoms with E-state index in [9.17, 15) is 9.59 Å². The van der Waals surface area contributed by atoms with Crippen molar-refractivity contribution in [2.45, 2.75) is 32.7 Å². The van der Waals surface area contributed by atoms with E-state index < -0.39 is 0 Å². The van der Waals surface area contributed by atoms with E-state index in [2.05, 4.69) is 9.88 Å². The van der Waals surface area contributed by atoms with Crippen molar-refractivity contribution in [3.8, 4) is 5.75 Å². The molecule has 150 valence electrons. The number of methoxy groups -OCH3 is 1. The number of likely N-dealkylation sites (N-methyl/N-ethyl adjacent to an activating group) is 1. The number of ether oxygens (including phenoxy) is 1. The number of aromatic nitrogens is 1. The number of anilines is 1. The lowest BCUT2D eigenvalue weighted by atomic mass is 10.1. The standard InChI is InChI=1S/C21H26ClN3O3/c1-13-9-17(14(2)25(13)16-6-7-16)19(26)11-24(3)12-21(27)23-18-10-15(22)5-8-20(18)28-4/h5,8-10,16H,6-7,11-12H2,1-4H3,(H,23,27). The van der Waals surface area contributed by atoms with Crippen LogP contribution >= 0.6 is 11.6 Å². The van der Waals surface area contributed by atoms with E-state index in [0.717, 1.165) is 17.0 Å². The summed E-state index contributed by atoms with van der Waals surface area (Å²) in [6.45, 7) is 4.30. The van der Waals surface area contributed by atoms with Crippen LogP contribution < -0.4 is 10.1 Å². The quantitative estimate of drug-likeness (QED) is 0.680. The van der Waals surface area contributed by atoms with E-state index in [4.69, 9.17) is 16.3 Å². The minimum absolute atomic E-state index is 0.0237. The Morgan fingerprint density at radius 1 is 1.25 bits per heavy atom. The van der Waals surface area contributed by atoms with Gasteiger partial charge in [0.2, 0.25) is 5.91 Å². The summed E-state index contributed by atoms with van der Waals surface area (Å²) in [5, 5.41) is 3.29. The van der Waals surface area contributed by atoms with Crippen molar-refractivity contribution >= 4 is 29.0 Å². The third kappa shape index (κ3) is 4.56. The molecule has 0 aliphatic heterocycles. The van der Waals surface area contributed by atoms with Crippen molar-refractivity contribution in [2.24, 2.45) is 0 Å². The summed E-state index contributed by atoms with van der Waals surface area (Å²) >= 11 is 5.99. The monoisotopic (exact) mass is 403 g/mol. The number of aryl methyl sites for hydroxylation is 1. The smallest absolute Gasteiger partial charge is 0.238 e. The molecule has 1 fully saturated rings. The fourth-order valence-electron chi connectivity index (χ4n) is 3.55. The van der Waals surface area contributed by atoms with E-state index in [1.807, 2.05) is 19.9 Å². The number of rotatable bonds is 8. The van der Waals surface area contributed by atoms with Crippen LogP contribution in [0.1, 0.15) is 40.6 Å². The van der Waals surface area contributed by atoms with Crippen LogP contribution in [-0.2, 0) is 4.79 Å². The maximum Gasteiger partial charge on any atom is 0.238 e. The number of benzene rings is 1. The van der Waals surface area contributed by atoms with Gasteiger partial charge >= 0.3 is 0 Å². The van der Waals surface area contributed by atoms with Crippen molar-refractivity contribution in [2.75, 3.05) is 32.6 Å². The summed E-state index contributed by atoms with van der Waals surface area (Å²) < 4.78 is 7.49. The summed E-state index contributed by atoms with van der Waals surface area (Å²) in [5.41, 5.74) is 3.39. The second-order valence-electron chi connectivity index (χ2n) is 7.37. The van der Waals surface area contributed by atoms with E-state index >= 15 is 0 Å². The van der Waals surface area contributed by atoms with Gasteiger partial charge in [0.25, 0.3) is 0 Å². The van der Waals surface area contributed by atoms with Gasteiger partial charge in [-0.2, -0.15) is 0 Å². The highest BCUT2D eigenvalue weighted by Crippen LogP contribution is 2.38. The Kier molecular flexibility index (Phi) is 6.10. The molecule has 3 rings (SSSR count). The molecule has 28 heavy (non-hydrogen) atoms. The second-order valence-corrected chi connectivity index (χ2v) is 7.81. The molecule has 0 atom stereocenters. The average Bonchev–Trinajstić information content (AvgIpc) is 3.39. The third-order valence-electron chi connectivity index (χ3n) is 4.96. The van der Waals surface area contributed by atoms with Crippen molar-refractivity contribution in [3.63, 3.8) is 0 Å². The van der Waals surface area contributed by atoms with Gasteiger partial charge in [0.05, 0.1) is 25.9 Å². The van der Waals surface area contributed by atoms with Crippen molar-refractivity contribution < 1.29 is 14.3 Å². The zero-order valence-electron chi connectivity index (χ0n) is 16.7. The maximum absolute atomic E-state index is 12.7. The third-order valence-corrected chi connectivity index (χ3v) is 5.19. The zero-order chi connectivity index (χ0) is 20.4. The first kappa shape index (κ1) is 20.4. The first-order valence-electron chi connectivity index (χ1n) is 9.33. The van der Waals surface area contributed by atoms with Crippen LogP contribution in [0.2, 0.25) is 5.02 Å². The van der Waals surface area contributed by atoms with Crippen LogP contribution in [0.15, 0.2) is 24.3 Å². The maximum atomic E-state index is 12.7. The van der Waals surface area contributed by atoms with Gasteiger partial charge in [-0.15, -0.1) is 0 Å². The first-order valence-corrected chi connectivity index (χ1v) is 9.71. The molecule has 1 heterocycles. The second kappa shape index (κ2) is 8.37. The van der Waals surface area contributed by atoms with Crippen LogP contribution in [0.4, 0.5) is 5.69 Å². The Morgan fingerprint density at radius 2 is 1.96 bits per heavy atom. The van der Waals surface area contributed by atoms with Crippen LogP contribution in [-0.4, -0.2) is 48.4 Å². The molecule has 2 aromatic rings.